The third kappa shape index (κ3) is 5.82. The van der Waals surface area contributed by atoms with Gasteiger partial charge in [0.05, 0.1) is 6.42 Å². The van der Waals surface area contributed by atoms with Crippen molar-refractivity contribution in [1.29, 1.82) is 0 Å². The number of aromatic nitrogens is 1. The Hall–Kier alpha value is -1.62. The number of pyridine rings is 1. The smallest absolute Gasteiger partial charge is 0.303 e. The SMILES string of the molecule is CN(CCc1ccccn1)C(=O)CC1(CC(=O)O)CCCC1.Cl. The number of carboxylic acids is 1. The monoisotopic (exact) mass is 340 g/mol. The van der Waals surface area contributed by atoms with E-state index in [-0.39, 0.29) is 30.2 Å². The van der Waals surface area contributed by atoms with Crippen molar-refractivity contribution in [2.75, 3.05) is 13.6 Å². The number of amides is 1. The molecule has 0 atom stereocenters. The van der Waals surface area contributed by atoms with Crippen LogP contribution in [0, 0.1) is 5.41 Å². The van der Waals surface area contributed by atoms with Crippen LogP contribution in [0.4, 0.5) is 0 Å². The molecule has 1 aliphatic rings. The molecule has 0 aliphatic heterocycles. The number of carbonyl (C=O) groups is 2. The van der Waals surface area contributed by atoms with Crippen LogP contribution in [0.5, 0.6) is 0 Å². The molecule has 0 saturated heterocycles. The summed E-state index contributed by atoms with van der Waals surface area (Å²) in [6, 6.07) is 5.75. The number of likely N-dealkylation sites (N-methyl/N-ethyl adjacent to an activating group) is 1. The van der Waals surface area contributed by atoms with Gasteiger partial charge in [0.15, 0.2) is 0 Å². The molecule has 6 heteroatoms. The number of hydrogen-bond acceptors (Lipinski definition) is 3. The Morgan fingerprint density at radius 1 is 1.26 bits per heavy atom. The summed E-state index contributed by atoms with van der Waals surface area (Å²) in [6.45, 7) is 0.610. The summed E-state index contributed by atoms with van der Waals surface area (Å²) in [5, 5.41) is 9.11. The molecule has 1 fully saturated rings. The molecule has 1 aromatic rings. The fourth-order valence-corrected chi connectivity index (χ4v) is 3.27. The summed E-state index contributed by atoms with van der Waals surface area (Å²) >= 11 is 0. The van der Waals surface area contributed by atoms with Gasteiger partial charge in [0, 0.05) is 38.3 Å². The molecule has 1 aliphatic carbocycles. The molecule has 0 bridgehead atoms. The third-order valence-corrected chi connectivity index (χ3v) is 4.57. The zero-order valence-corrected chi connectivity index (χ0v) is 14.3. The summed E-state index contributed by atoms with van der Waals surface area (Å²) in [6.07, 6.45) is 6.66. The molecule has 23 heavy (non-hydrogen) atoms. The standard InChI is InChI=1S/C17H24N2O3.ClH/c1-19(11-7-14-6-2-5-10-18-14)15(20)12-17(13-16(21)22)8-3-4-9-17;/h2,5-6,10H,3-4,7-9,11-13H2,1H3,(H,21,22);1H. The lowest BCUT2D eigenvalue weighted by atomic mass is 9.79. The highest BCUT2D eigenvalue weighted by Gasteiger charge is 2.38. The molecule has 1 saturated carbocycles. The molecular formula is C17H25ClN2O3. The summed E-state index contributed by atoms with van der Waals surface area (Å²) in [5.41, 5.74) is 0.630. The van der Waals surface area contributed by atoms with Crippen LogP contribution in [0.25, 0.3) is 0 Å². The minimum absolute atomic E-state index is 0. The summed E-state index contributed by atoms with van der Waals surface area (Å²) in [5.74, 6) is -0.759. The maximum absolute atomic E-state index is 12.4. The number of aliphatic carboxylic acids is 1. The second-order valence-corrected chi connectivity index (χ2v) is 6.34. The molecule has 0 spiro atoms. The lowest BCUT2D eigenvalue weighted by molar-refractivity contribution is -0.141. The first-order valence-corrected chi connectivity index (χ1v) is 7.86. The molecule has 1 heterocycles. The van der Waals surface area contributed by atoms with E-state index >= 15 is 0 Å². The first-order chi connectivity index (χ1) is 10.5. The average Bonchev–Trinajstić information content (AvgIpc) is 2.93. The fraction of sp³-hybridized carbons (Fsp3) is 0.588. The van der Waals surface area contributed by atoms with E-state index in [1.54, 1.807) is 18.1 Å². The van der Waals surface area contributed by atoms with Crippen LogP contribution in [0.15, 0.2) is 24.4 Å². The van der Waals surface area contributed by atoms with Gasteiger partial charge >= 0.3 is 5.97 Å². The number of nitrogens with zero attached hydrogens (tertiary/aromatic N) is 2. The first-order valence-electron chi connectivity index (χ1n) is 7.86. The van der Waals surface area contributed by atoms with Gasteiger partial charge in [-0.2, -0.15) is 0 Å². The number of hydrogen-bond donors (Lipinski definition) is 1. The van der Waals surface area contributed by atoms with Crippen LogP contribution in [-0.4, -0.2) is 40.5 Å². The average molecular weight is 341 g/mol. The van der Waals surface area contributed by atoms with Crippen LogP contribution in [0.1, 0.15) is 44.2 Å². The Labute approximate surface area is 143 Å². The van der Waals surface area contributed by atoms with Crippen LogP contribution >= 0.6 is 12.4 Å². The molecule has 1 amide bonds. The van der Waals surface area contributed by atoms with Gasteiger partial charge in [-0.1, -0.05) is 18.9 Å². The summed E-state index contributed by atoms with van der Waals surface area (Å²) < 4.78 is 0. The van der Waals surface area contributed by atoms with Crippen LogP contribution in [-0.2, 0) is 16.0 Å². The van der Waals surface area contributed by atoms with Gasteiger partial charge in [-0.15, -0.1) is 12.4 Å². The predicted octanol–water partition coefficient (Wildman–Crippen LogP) is 2.93. The highest BCUT2D eigenvalue weighted by molar-refractivity contribution is 5.85. The van der Waals surface area contributed by atoms with E-state index in [0.29, 0.717) is 13.0 Å². The number of carboxylic acid groups (broad SMARTS) is 1. The predicted molar refractivity (Wildman–Crippen MR) is 90.6 cm³/mol. The topological polar surface area (TPSA) is 70.5 Å². The van der Waals surface area contributed by atoms with Crippen molar-refractivity contribution in [3.05, 3.63) is 30.1 Å². The van der Waals surface area contributed by atoms with Crippen molar-refractivity contribution < 1.29 is 14.7 Å². The lowest BCUT2D eigenvalue weighted by Gasteiger charge is -2.29. The molecule has 128 valence electrons. The zero-order chi connectivity index (χ0) is 16.0. The first kappa shape index (κ1) is 19.4. The summed E-state index contributed by atoms with van der Waals surface area (Å²) in [4.78, 5) is 29.5. The van der Waals surface area contributed by atoms with Crippen LogP contribution in [0.2, 0.25) is 0 Å². The van der Waals surface area contributed by atoms with E-state index in [9.17, 15) is 9.59 Å². The maximum atomic E-state index is 12.4. The molecule has 0 unspecified atom stereocenters. The van der Waals surface area contributed by atoms with Gasteiger partial charge in [-0.3, -0.25) is 14.6 Å². The molecular weight excluding hydrogens is 316 g/mol. The quantitative estimate of drug-likeness (QED) is 0.828. The van der Waals surface area contributed by atoms with Crippen LogP contribution < -0.4 is 0 Å². The second kappa shape index (κ2) is 8.87. The van der Waals surface area contributed by atoms with E-state index in [4.69, 9.17) is 5.11 Å². The molecule has 1 N–H and O–H groups in total. The van der Waals surface area contributed by atoms with E-state index in [2.05, 4.69) is 4.98 Å². The Morgan fingerprint density at radius 3 is 2.52 bits per heavy atom. The van der Waals surface area contributed by atoms with Crippen molar-refractivity contribution in [3.8, 4) is 0 Å². The molecule has 5 nitrogen and oxygen atoms in total. The van der Waals surface area contributed by atoms with Crippen molar-refractivity contribution in [1.82, 2.24) is 9.88 Å². The van der Waals surface area contributed by atoms with E-state index < -0.39 is 5.97 Å². The van der Waals surface area contributed by atoms with E-state index in [1.165, 1.54) is 0 Å². The van der Waals surface area contributed by atoms with E-state index in [1.807, 2.05) is 18.2 Å². The molecule has 0 aromatic carbocycles. The van der Waals surface area contributed by atoms with Crippen molar-refractivity contribution in [2.45, 2.75) is 44.9 Å². The third-order valence-electron chi connectivity index (χ3n) is 4.57. The Morgan fingerprint density at radius 2 is 1.96 bits per heavy atom. The molecule has 1 aromatic heterocycles. The van der Waals surface area contributed by atoms with Gasteiger partial charge in [0.2, 0.25) is 5.91 Å². The number of carbonyl (C=O) groups excluding carboxylic acids is 1. The van der Waals surface area contributed by atoms with Crippen molar-refractivity contribution in [3.63, 3.8) is 0 Å². The Kier molecular flexibility index (Phi) is 7.49. The van der Waals surface area contributed by atoms with E-state index in [0.717, 1.165) is 37.8 Å². The maximum Gasteiger partial charge on any atom is 0.303 e. The minimum atomic E-state index is -0.800. The molecule has 2 rings (SSSR count). The molecule has 0 radical (unpaired) electrons. The largest absolute Gasteiger partial charge is 0.481 e. The Bertz CT molecular complexity index is 516. The summed E-state index contributed by atoms with van der Waals surface area (Å²) in [7, 11) is 1.79. The Balaban J connectivity index is 0.00000264. The lowest BCUT2D eigenvalue weighted by Crippen LogP contribution is -2.34. The number of rotatable bonds is 7. The van der Waals surface area contributed by atoms with Crippen molar-refractivity contribution >= 4 is 24.3 Å². The van der Waals surface area contributed by atoms with Crippen molar-refractivity contribution in [2.24, 2.45) is 5.41 Å². The normalized spacial score (nSPS) is 15.7. The highest BCUT2D eigenvalue weighted by Crippen LogP contribution is 2.44. The highest BCUT2D eigenvalue weighted by atomic mass is 35.5. The zero-order valence-electron chi connectivity index (χ0n) is 13.5. The van der Waals surface area contributed by atoms with Gasteiger partial charge < -0.3 is 10.0 Å². The van der Waals surface area contributed by atoms with Gasteiger partial charge in [0.25, 0.3) is 0 Å². The second-order valence-electron chi connectivity index (χ2n) is 6.34. The van der Waals surface area contributed by atoms with Crippen LogP contribution in [0.3, 0.4) is 0 Å². The van der Waals surface area contributed by atoms with Gasteiger partial charge in [-0.25, -0.2) is 0 Å². The number of halogens is 1. The fourth-order valence-electron chi connectivity index (χ4n) is 3.27. The van der Waals surface area contributed by atoms with Gasteiger partial charge in [0.1, 0.15) is 0 Å². The minimum Gasteiger partial charge on any atom is -0.481 e. The van der Waals surface area contributed by atoms with Gasteiger partial charge in [-0.05, 0) is 30.4 Å².